The van der Waals surface area contributed by atoms with Crippen LogP contribution >= 0.6 is 0 Å². The van der Waals surface area contributed by atoms with Crippen LogP contribution in [0.15, 0.2) is 91.5 Å². The second kappa shape index (κ2) is 17.2. The van der Waals surface area contributed by atoms with Crippen molar-refractivity contribution >= 4 is 6.09 Å². The van der Waals surface area contributed by atoms with Crippen LogP contribution in [-0.2, 0) is 29.0 Å². The Kier molecular flexibility index (Phi) is 12.3. The van der Waals surface area contributed by atoms with Gasteiger partial charge in [-0.05, 0) is 48.2 Å². The average Bonchev–Trinajstić information content (AvgIpc) is 3.62. The predicted octanol–water partition coefficient (Wildman–Crippen LogP) is 6.05. The highest BCUT2D eigenvalue weighted by Gasteiger charge is 2.33. The molecule has 0 spiro atoms. The molecular weight excluding hydrogens is 586 g/mol. The third kappa shape index (κ3) is 9.48. The summed E-state index contributed by atoms with van der Waals surface area (Å²) in [5.74, 6) is 2.51. The first kappa shape index (κ1) is 32.8. The molecule has 2 atom stereocenters. The normalized spacial score (nSPS) is 16.2. The number of aromatic nitrogens is 2. The number of amides is 1. The van der Waals surface area contributed by atoms with Crippen LogP contribution in [0.5, 0.6) is 17.2 Å². The van der Waals surface area contributed by atoms with Gasteiger partial charge in [0.1, 0.15) is 23.9 Å². The monoisotopic (exact) mass is 629 g/mol. The number of methoxy groups -OCH3 is 1. The molecule has 2 unspecified atom stereocenters. The maximum Gasteiger partial charge on any atom is 0.407 e. The number of benzene rings is 3. The van der Waals surface area contributed by atoms with Gasteiger partial charge in [-0.15, -0.1) is 0 Å². The Morgan fingerprint density at radius 2 is 1.70 bits per heavy atom. The molecule has 10 heteroatoms. The molecule has 4 aromatic rings. The van der Waals surface area contributed by atoms with Gasteiger partial charge in [0.25, 0.3) is 0 Å². The van der Waals surface area contributed by atoms with E-state index in [-0.39, 0.29) is 12.0 Å². The van der Waals surface area contributed by atoms with E-state index in [0.29, 0.717) is 52.5 Å². The number of carbonyl (C=O) groups is 1. The van der Waals surface area contributed by atoms with E-state index in [1.807, 2.05) is 71.7 Å². The number of carboxylic acid groups (broad SMARTS) is 1. The van der Waals surface area contributed by atoms with E-state index in [0.717, 1.165) is 53.3 Å². The van der Waals surface area contributed by atoms with Gasteiger partial charge in [0.2, 0.25) is 0 Å². The average molecular weight is 630 g/mol. The highest BCUT2D eigenvalue weighted by Crippen LogP contribution is 2.32. The number of aryl methyl sites for hydroxylation is 2. The molecule has 46 heavy (non-hydrogen) atoms. The summed E-state index contributed by atoms with van der Waals surface area (Å²) in [6.45, 7) is 3.93. The summed E-state index contributed by atoms with van der Waals surface area (Å²) < 4.78 is 31.6. The van der Waals surface area contributed by atoms with Crippen molar-refractivity contribution in [3.63, 3.8) is 0 Å². The topological polar surface area (TPSA) is 105 Å². The lowest BCUT2D eigenvalue weighted by Crippen LogP contribution is -2.46. The Hall–Kier alpha value is -4.54. The molecule has 0 aliphatic carbocycles. The molecule has 1 fully saturated rings. The van der Waals surface area contributed by atoms with E-state index < -0.39 is 6.09 Å². The summed E-state index contributed by atoms with van der Waals surface area (Å²) in [4.78, 5) is 17.3. The van der Waals surface area contributed by atoms with Gasteiger partial charge >= 0.3 is 6.09 Å². The van der Waals surface area contributed by atoms with Crippen molar-refractivity contribution in [1.82, 2.24) is 14.5 Å². The fourth-order valence-electron chi connectivity index (χ4n) is 5.68. The fourth-order valence-corrected chi connectivity index (χ4v) is 5.68. The molecule has 10 nitrogen and oxygen atoms in total. The second-order valence-corrected chi connectivity index (χ2v) is 11.2. The number of likely N-dealkylation sites (tertiary alicyclic amines) is 1. The Labute approximate surface area is 270 Å². The Morgan fingerprint density at radius 3 is 2.46 bits per heavy atom. The smallest absolute Gasteiger partial charge is 0.407 e. The van der Waals surface area contributed by atoms with E-state index in [2.05, 4.69) is 23.2 Å². The van der Waals surface area contributed by atoms with Gasteiger partial charge in [-0.2, -0.15) is 0 Å². The molecule has 1 N–H and O–H groups in total. The summed E-state index contributed by atoms with van der Waals surface area (Å²) in [7, 11) is 1.66. The van der Waals surface area contributed by atoms with Crippen LogP contribution in [0.4, 0.5) is 4.79 Å². The van der Waals surface area contributed by atoms with Crippen molar-refractivity contribution in [2.24, 2.45) is 0 Å². The first-order valence-corrected chi connectivity index (χ1v) is 15.8. The lowest BCUT2D eigenvalue weighted by Gasteiger charge is -2.37. The van der Waals surface area contributed by atoms with E-state index in [4.69, 9.17) is 23.7 Å². The van der Waals surface area contributed by atoms with Crippen LogP contribution < -0.4 is 14.2 Å². The van der Waals surface area contributed by atoms with Gasteiger partial charge in [-0.25, -0.2) is 9.78 Å². The van der Waals surface area contributed by atoms with Crippen LogP contribution in [-0.4, -0.2) is 78.4 Å². The Bertz CT molecular complexity index is 1480. The number of hydrogen-bond acceptors (Lipinski definition) is 7. The van der Waals surface area contributed by atoms with Gasteiger partial charge in [-0.3, -0.25) is 0 Å². The number of imidazole rings is 1. The van der Waals surface area contributed by atoms with Crippen molar-refractivity contribution < 1.29 is 33.6 Å². The summed E-state index contributed by atoms with van der Waals surface area (Å²) in [5, 5.41) is 9.65. The molecule has 0 saturated carbocycles. The van der Waals surface area contributed by atoms with E-state index in [9.17, 15) is 9.90 Å². The van der Waals surface area contributed by atoms with Crippen molar-refractivity contribution in [3.8, 4) is 17.2 Å². The standard InChI is InChI=1S/C36H43N3O7/c1-42-33-9-4-3-8-30(33)26-43-21-6-22-44-31-13-11-28(12-14-31)32-16-19-39(36(40)41)25-35(32)46-24-23-45-34-10-5-2-7-29(34)15-18-38-20-17-37-27-38/h2-5,7-14,17,20,27,32,35H,6,15-16,18-19,21-26H2,1H3,(H,40,41). The molecule has 0 radical (unpaired) electrons. The highest BCUT2D eigenvalue weighted by atomic mass is 16.5. The van der Waals surface area contributed by atoms with Crippen LogP contribution in [0.1, 0.15) is 35.4 Å². The minimum atomic E-state index is -0.925. The molecule has 1 aliphatic heterocycles. The summed E-state index contributed by atoms with van der Waals surface area (Å²) >= 11 is 0. The van der Waals surface area contributed by atoms with Gasteiger partial charge in [0.15, 0.2) is 0 Å². The van der Waals surface area contributed by atoms with E-state index in [1.54, 1.807) is 13.3 Å². The maximum absolute atomic E-state index is 11.8. The van der Waals surface area contributed by atoms with Crippen molar-refractivity contribution in [2.75, 3.05) is 46.6 Å². The second-order valence-electron chi connectivity index (χ2n) is 11.2. The van der Waals surface area contributed by atoms with Crippen molar-refractivity contribution in [3.05, 3.63) is 108 Å². The highest BCUT2D eigenvalue weighted by molar-refractivity contribution is 5.65. The van der Waals surface area contributed by atoms with Crippen LogP contribution in [0.3, 0.4) is 0 Å². The quantitative estimate of drug-likeness (QED) is 0.141. The molecule has 1 amide bonds. The molecule has 2 heterocycles. The number of piperidine rings is 1. The SMILES string of the molecule is COc1ccccc1COCCCOc1ccc(C2CCN(C(=O)O)CC2OCCOc2ccccc2CCn2ccnc2)cc1. The molecular formula is C36H43N3O7. The molecule has 1 aliphatic rings. The van der Waals surface area contributed by atoms with Crippen LogP contribution in [0.25, 0.3) is 0 Å². The minimum absolute atomic E-state index is 0.0653. The number of rotatable bonds is 17. The Morgan fingerprint density at radius 1 is 0.913 bits per heavy atom. The maximum atomic E-state index is 11.8. The third-order valence-electron chi connectivity index (χ3n) is 8.13. The zero-order valence-corrected chi connectivity index (χ0v) is 26.3. The largest absolute Gasteiger partial charge is 0.496 e. The van der Waals surface area contributed by atoms with Gasteiger partial charge in [-0.1, -0.05) is 48.5 Å². The number of ether oxygens (including phenoxy) is 5. The molecule has 1 saturated heterocycles. The summed E-state index contributed by atoms with van der Waals surface area (Å²) in [6, 6.07) is 23.9. The zero-order chi connectivity index (χ0) is 32.0. The fraction of sp³-hybridized carbons (Fsp3) is 0.389. The summed E-state index contributed by atoms with van der Waals surface area (Å²) in [5.41, 5.74) is 3.24. The van der Waals surface area contributed by atoms with Crippen LogP contribution in [0, 0.1) is 0 Å². The first-order valence-electron chi connectivity index (χ1n) is 15.8. The first-order chi connectivity index (χ1) is 22.6. The van der Waals surface area contributed by atoms with E-state index >= 15 is 0 Å². The predicted molar refractivity (Wildman–Crippen MR) is 174 cm³/mol. The number of nitrogens with zero attached hydrogens (tertiary/aromatic N) is 3. The third-order valence-corrected chi connectivity index (χ3v) is 8.13. The molecule has 244 valence electrons. The lowest BCUT2D eigenvalue weighted by atomic mass is 9.87. The number of hydrogen-bond donors (Lipinski definition) is 1. The number of para-hydroxylation sites is 2. The minimum Gasteiger partial charge on any atom is -0.496 e. The van der Waals surface area contributed by atoms with Crippen molar-refractivity contribution in [2.45, 2.75) is 44.4 Å². The van der Waals surface area contributed by atoms with Gasteiger partial charge in [0, 0.05) is 43.4 Å². The molecule has 5 rings (SSSR count). The zero-order valence-electron chi connectivity index (χ0n) is 26.3. The van der Waals surface area contributed by atoms with Gasteiger partial charge in [0.05, 0.1) is 52.5 Å². The molecule has 0 bridgehead atoms. The van der Waals surface area contributed by atoms with Crippen LogP contribution in [0.2, 0.25) is 0 Å². The Balaban J connectivity index is 1.08. The van der Waals surface area contributed by atoms with E-state index in [1.165, 1.54) is 4.90 Å². The molecule has 1 aromatic heterocycles. The summed E-state index contributed by atoms with van der Waals surface area (Å²) in [6.07, 6.45) is 6.59. The van der Waals surface area contributed by atoms with Gasteiger partial charge < -0.3 is 38.3 Å². The molecule has 3 aromatic carbocycles. The lowest BCUT2D eigenvalue weighted by molar-refractivity contribution is -0.0207. The van der Waals surface area contributed by atoms with Crippen molar-refractivity contribution in [1.29, 1.82) is 0 Å².